The third kappa shape index (κ3) is 25.4. The molecule has 1 aliphatic carbocycles. The van der Waals surface area contributed by atoms with Gasteiger partial charge in [0.15, 0.2) is 29.2 Å². The summed E-state index contributed by atoms with van der Waals surface area (Å²) in [7, 11) is 2.92. The average molecular weight is 1560 g/mol. The normalized spacial score (nSPS) is 18.8. The van der Waals surface area contributed by atoms with E-state index in [9.17, 15) is 38.7 Å². The van der Waals surface area contributed by atoms with Gasteiger partial charge in [0.05, 0.1) is 121 Å². The number of allylic oxidation sites excluding steroid dienone is 4. The van der Waals surface area contributed by atoms with Gasteiger partial charge in [-0.15, -0.1) is 11.8 Å². The number of nitrogens with one attached hydrogen (secondary N) is 4. The van der Waals surface area contributed by atoms with Crippen molar-refractivity contribution in [2.75, 3.05) is 103 Å². The molecule has 0 aromatic heterocycles. The Morgan fingerprint density at radius 2 is 1.19 bits per heavy atom. The van der Waals surface area contributed by atoms with Crippen LogP contribution in [0.5, 0.6) is 23.0 Å². The van der Waals surface area contributed by atoms with Crippen molar-refractivity contribution in [3.05, 3.63) is 113 Å². The Kier molecular flexibility index (Phi) is 36.1. The van der Waals surface area contributed by atoms with Crippen molar-refractivity contribution in [1.82, 2.24) is 25.8 Å². The smallest absolute Gasteiger partial charge is 0.416 e. The number of nitrogens with zero attached hydrogens (tertiary/aromatic N) is 4. The first-order chi connectivity index (χ1) is 53.7. The van der Waals surface area contributed by atoms with Crippen molar-refractivity contribution in [3.63, 3.8) is 0 Å². The minimum absolute atomic E-state index is 0.00385. The Hall–Kier alpha value is -8.27. The van der Waals surface area contributed by atoms with Crippen LogP contribution in [0.3, 0.4) is 0 Å². The molecule has 0 spiro atoms. The fraction of sp³-hybridized carbons (Fsp3) is 0.600. The molecule has 3 aromatic rings. The van der Waals surface area contributed by atoms with Gasteiger partial charge in [0.2, 0.25) is 23.6 Å². The second-order valence-electron chi connectivity index (χ2n) is 29.6. The number of carbonyl (C=O) groups is 7. The summed E-state index contributed by atoms with van der Waals surface area (Å²) in [5, 5.41) is 23.5. The van der Waals surface area contributed by atoms with Gasteiger partial charge < -0.3 is 78.8 Å². The van der Waals surface area contributed by atoms with Crippen LogP contribution in [-0.2, 0) is 49.5 Å². The molecule has 3 aromatic carbocycles. The Balaban J connectivity index is 0.714. The molecule has 26 heteroatoms. The third-order valence-corrected chi connectivity index (χ3v) is 23.4. The molecule has 0 saturated heterocycles. The molecule has 25 nitrogen and oxygen atoms in total. The van der Waals surface area contributed by atoms with Gasteiger partial charge in [-0.2, -0.15) is 0 Å². The number of aliphatic hydroxyl groups excluding tert-OH is 1. The molecule has 111 heavy (non-hydrogen) atoms. The zero-order valence-electron chi connectivity index (χ0n) is 67.1. The molecule has 0 unspecified atom stereocenters. The van der Waals surface area contributed by atoms with E-state index in [1.807, 2.05) is 56.1 Å². The predicted molar refractivity (Wildman–Crippen MR) is 432 cm³/mol. The number of aliphatic imine (C=N–C) groups is 1. The highest BCUT2D eigenvalue weighted by Gasteiger charge is 2.47. The number of anilines is 2. The number of rotatable bonds is 39. The number of ether oxygens (including phenoxy) is 9. The Labute approximate surface area is 661 Å². The second kappa shape index (κ2) is 45.4. The van der Waals surface area contributed by atoms with Gasteiger partial charge in [-0.05, 0) is 112 Å². The van der Waals surface area contributed by atoms with Crippen LogP contribution in [-0.4, -0.2) is 190 Å². The topological polar surface area (TPSA) is 293 Å². The molecule has 4 aliphatic heterocycles. The standard InChI is InChI=1S/C85H122N8O17S/c1-11-28-62-48-65-54-87-68-52-73(71(102-9)50-66(68)80(98)91(65)55-62)108-38-27-39-109-74-53-69-67(51-72(74)103-10)81(99)92-56-63(29-12-2)49-70(92)82(100)93(69)83(101)110-57-61-30-32-64(33-31-61)89-78(96)60(7)88-79(97)77(59(5)6)90-75(94)34-40-104-42-44-106-46-47-107-45-43-105-41-37-86-76(95)58-111-85(13-3,14-4)84(8)35-25-23-21-19-17-15-16-18-20-22-24-26-36-84/h11-12,28-33,50-56,59-60,65,70,77,82,100H,13-27,34-49,57-58H2,1-10H3,(H,86,95)(H,88,97)(H,89,96)(H,90,94)/b28-11+,29-12+/t60-,65-,70-,77-,82-/m0/s1. The number of benzene rings is 3. The molecule has 5 aliphatic rings. The van der Waals surface area contributed by atoms with Crippen molar-refractivity contribution >= 4 is 76.6 Å². The van der Waals surface area contributed by atoms with Crippen LogP contribution >= 0.6 is 11.8 Å². The summed E-state index contributed by atoms with van der Waals surface area (Å²) in [6, 6.07) is 9.69. The zero-order valence-corrected chi connectivity index (χ0v) is 68.0. The van der Waals surface area contributed by atoms with E-state index in [0.29, 0.717) is 98.8 Å². The highest BCUT2D eigenvalue weighted by Crippen LogP contribution is 2.53. The van der Waals surface area contributed by atoms with Crippen LogP contribution in [0.1, 0.15) is 210 Å². The number of carbonyl (C=O) groups excluding carboxylic acids is 7. The maximum Gasteiger partial charge on any atom is 0.416 e. The van der Waals surface area contributed by atoms with Crippen molar-refractivity contribution in [1.29, 1.82) is 0 Å². The molecule has 8 rings (SSSR count). The van der Waals surface area contributed by atoms with E-state index in [1.165, 1.54) is 128 Å². The van der Waals surface area contributed by atoms with Gasteiger partial charge >= 0.3 is 6.09 Å². The average Bonchev–Trinajstić information content (AvgIpc) is 1.62. The molecule has 0 bridgehead atoms. The number of hydrogen-bond donors (Lipinski definition) is 5. The number of amides is 7. The van der Waals surface area contributed by atoms with Gasteiger partial charge in [0.1, 0.15) is 18.7 Å². The lowest BCUT2D eigenvalue weighted by Gasteiger charge is -2.49. The van der Waals surface area contributed by atoms with E-state index >= 15 is 0 Å². The number of fused-ring (bicyclic) bond motifs is 4. The summed E-state index contributed by atoms with van der Waals surface area (Å²) in [5.41, 5.74) is 3.81. The molecule has 610 valence electrons. The number of methoxy groups -OCH3 is 2. The van der Waals surface area contributed by atoms with E-state index < -0.39 is 54.1 Å². The summed E-state index contributed by atoms with van der Waals surface area (Å²) < 4.78 is 52.4. The van der Waals surface area contributed by atoms with Crippen LogP contribution in [0.15, 0.2) is 101 Å². The van der Waals surface area contributed by atoms with Gasteiger partial charge in [0.25, 0.3) is 11.8 Å². The van der Waals surface area contributed by atoms with E-state index in [-0.39, 0.29) is 103 Å². The van der Waals surface area contributed by atoms with Crippen LogP contribution in [0, 0.1) is 11.3 Å². The van der Waals surface area contributed by atoms with E-state index in [0.717, 1.165) is 28.9 Å². The third-order valence-electron chi connectivity index (χ3n) is 21.4. The van der Waals surface area contributed by atoms with Gasteiger partial charge in [-0.25, -0.2) is 9.69 Å². The maximum absolute atomic E-state index is 14.4. The van der Waals surface area contributed by atoms with Gasteiger partial charge in [0, 0.05) is 60.6 Å². The minimum Gasteiger partial charge on any atom is -0.493 e. The molecule has 7 amide bonds. The first kappa shape index (κ1) is 88.3. The second-order valence-corrected chi connectivity index (χ2v) is 31.0. The maximum atomic E-state index is 14.4. The first-order valence-corrected chi connectivity index (χ1v) is 41.1. The minimum atomic E-state index is -1.58. The summed E-state index contributed by atoms with van der Waals surface area (Å²) in [4.78, 5) is 104. The molecule has 1 fully saturated rings. The molecule has 1 saturated carbocycles. The van der Waals surface area contributed by atoms with E-state index in [1.54, 1.807) is 67.6 Å². The van der Waals surface area contributed by atoms with Crippen LogP contribution in [0.2, 0.25) is 0 Å². The van der Waals surface area contributed by atoms with E-state index in [4.69, 9.17) is 42.6 Å². The largest absolute Gasteiger partial charge is 0.493 e. The van der Waals surface area contributed by atoms with E-state index in [2.05, 4.69) is 47.0 Å². The lowest BCUT2D eigenvalue weighted by atomic mass is 9.67. The van der Waals surface area contributed by atoms with Gasteiger partial charge in [-0.1, -0.05) is 148 Å². The van der Waals surface area contributed by atoms with Crippen LogP contribution in [0.4, 0.5) is 21.9 Å². The lowest BCUT2D eigenvalue weighted by Crippen LogP contribution is -2.53. The van der Waals surface area contributed by atoms with Crippen molar-refractivity contribution in [2.45, 2.75) is 226 Å². The first-order valence-electron chi connectivity index (χ1n) is 40.1. The summed E-state index contributed by atoms with van der Waals surface area (Å²) >= 11 is 1.88. The monoisotopic (exact) mass is 1560 g/mol. The highest BCUT2D eigenvalue weighted by atomic mass is 32.2. The SMILES string of the molecule is C/C=C/C1=CN2C(=O)c3cc(OC)c(OCCCOc4cc5c(cc4OC)C(=O)N4C=C(/C=C/C)C[C@H]4[C@H](O)N5C(=O)OCc4ccc(NC(=O)[C@H](C)NC(=O)[C@@H](NC(=O)CCOCCOCCOCCOCCNC(=O)CSC(CC)(CC)C5(C)CCCCCCCCCCCCCC5)C(C)C)cc4)cc3N=C[C@@H]2C1. The zero-order chi connectivity index (χ0) is 79.7. The summed E-state index contributed by atoms with van der Waals surface area (Å²) in [6.45, 7) is 19.0. The number of aliphatic hydroxyl groups is 1. The number of hydrogen-bond acceptors (Lipinski definition) is 19. The van der Waals surface area contributed by atoms with Gasteiger partial charge in [-0.3, -0.25) is 33.8 Å². The van der Waals surface area contributed by atoms with Crippen molar-refractivity contribution < 1.29 is 81.3 Å². The van der Waals surface area contributed by atoms with Crippen LogP contribution < -0.4 is 45.1 Å². The van der Waals surface area contributed by atoms with Crippen molar-refractivity contribution in [3.8, 4) is 23.0 Å². The fourth-order valence-electron chi connectivity index (χ4n) is 15.1. The van der Waals surface area contributed by atoms with Crippen molar-refractivity contribution in [2.24, 2.45) is 16.3 Å². The summed E-state index contributed by atoms with van der Waals surface area (Å²) in [6.07, 6.45) is 32.2. The Bertz CT molecular complexity index is 3690. The molecular formula is C85H122N8O17S. The Morgan fingerprint density at radius 1 is 0.649 bits per heavy atom. The highest BCUT2D eigenvalue weighted by molar-refractivity contribution is 8.01. The quantitative estimate of drug-likeness (QED) is 0.0332. The molecule has 0 radical (unpaired) electrons. The molecule has 4 heterocycles. The predicted octanol–water partition coefficient (Wildman–Crippen LogP) is 14.0. The van der Waals surface area contributed by atoms with Crippen LogP contribution in [0.25, 0.3) is 0 Å². The lowest BCUT2D eigenvalue weighted by molar-refractivity contribution is -0.132. The number of thioether (sulfide) groups is 1. The molecule has 5 atom stereocenters. The molecular weight excluding hydrogens is 1440 g/mol. The summed E-state index contributed by atoms with van der Waals surface area (Å²) in [5.74, 6) is -0.845. The fourth-order valence-corrected chi connectivity index (χ4v) is 16.5. The molecule has 5 N–H and O–H groups in total. The Morgan fingerprint density at radius 3 is 1.77 bits per heavy atom.